The van der Waals surface area contributed by atoms with E-state index in [1.807, 2.05) is 24.4 Å². The van der Waals surface area contributed by atoms with Crippen molar-refractivity contribution in [2.24, 2.45) is 0 Å². The van der Waals surface area contributed by atoms with Crippen LogP contribution in [-0.2, 0) is 16.0 Å². The third-order valence-corrected chi connectivity index (χ3v) is 4.97. The molecule has 0 aliphatic carbocycles. The number of rotatable bonds is 5. The van der Waals surface area contributed by atoms with Gasteiger partial charge in [0.1, 0.15) is 0 Å². The second-order valence-corrected chi connectivity index (χ2v) is 8.27. The SMILES string of the molecule is Cc1nc(CSCC(=O)Nc2ccc(C(C)(C)C)cc2)cs1. The lowest BCUT2D eigenvalue weighted by Gasteiger charge is -2.19. The molecule has 0 atom stereocenters. The van der Waals surface area contributed by atoms with Crippen LogP contribution in [0.2, 0.25) is 0 Å². The Morgan fingerprint density at radius 2 is 1.95 bits per heavy atom. The molecule has 5 heteroatoms. The molecule has 3 nitrogen and oxygen atoms in total. The van der Waals surface area contributed by atoms with Crippen LogP contribution in [0, 0.1) is 6.92 Å². The molecule has 0 unspecified atom stereocenters. The zero-order valence-electron chi connectivity index (χ0n) is 13.5. The van der Waals surface area contributed by atoms with E-state index in [4.69, 9.17) is 0 Å². The predicted octanol–water partition coefficient (Wildman–Crippen LogP) is 4.62. The van der Waals surface area contributed by atoms with Crippen LogP contribution in [0.3, 0.4) is 0 Å². The Morgan fingerprint density at radius 1 is 1.27 bits per heavy atom. The molecule has 1 aromatic heterocycles. The topological polar surface area (TPSA) is 42.0 Å². The van der Waals surface area contributed by atoms with Gasteiger partial charge in [0.15, 0.2) is 0 Å². The second-order valence-electron chi connectivity index (χ2n) is 6.23. The van der Waals surface area contributed by atoms with Crippen molar-refractivity contribution in [3.8, 4) is 0 Å². The van der Waals surface area contributed by atoms with Crippen LogP contribution in [-0.4, -0.2) is 16.6 Å². The van der Waals surface area contributed by atoms with Crippen LogP contribution in [0.25, 0.3) is 0 Å². The Hall–Kier alpha value is -1.33. The van der Waals surface area contributed by atoms with E-state index in [-0.39, 0.29) is 11.3 Å². The molecule has 1 amide bonds. The molecule has 1 aromatic carbocycles. The van der Waals surface area contributed by atoms with Crippen molar-refractivity contribution in [2.45, 2.75) is 38.9 Å². The number of carbonyl (C=O) groups excluding carboxylic acids is 1. The largest absolute Gasteiger partial charge is 0.325 e. The van der Waals surface area contributed by atoms with Gasteiger partial charge >= 0.3 is 0 Å². The third kappa shape index (κ3) is 5.14. The molecule has 2 aromatic rings. The van der Waals surface area contributed by atoms with Gasteiger partial charge in [-0.3, -0.25) is 4.79 Å². The van der Waals surface area contributed by atoms with Gasteiger partial charge in [0.05, 0.1) is 16.5 Å². The van der Waals surface area contributed by atoms with Gasteiger partial charge < -0.3 is 5.32 Å². The summed E-state index contributed by atoms with van der Waals surface area (Å²) in [4.78, 5) is 16.3. The van der Waals surface area contributed by atoms with Crippen LogP contribution >= 0.6 is 23.1 Å². The second kappa shape index (κ2) is 7.29. The Labute approximate surface area is 140 Å². The summed E-state index contributed by atoms with van der Waals surface area (Å²) in [6.07, 6.45) is 0. The standard InChI is InChI=1S/C17H22N2OS2/c1-12-18-15(10-22-12)9-21-11-16(20)19-14-7-5-13(6-8-14)17(2,3)4/h5-8,10H,9,11H2,1-4H3,(H,19,20). The molecule has 1 heterocycles. The summed E-state index contributed by atoms with van der Waals surface area (Å²) >= 11 is 3.23. The molecule has 0 aliphatic rings. The van der Waals surface area contributed by atoms with Crippen LogP contribution in [0.1, 0.15) is 37.0 Å². The molecule has 0 saturated carbocycles. The highest BCUT2D eigenvalue weighted by Gasteiger charge is 2.13. The maximum Gasteiger partial charge on any atom is 0.234 e. The summed E-state index contributed by atoms with van der Waals surface area (Å²) < 4.78 is 0. The summed E-state index contributed by atoms with van der Waals surface area (Å²) in [6, 6.07) is 8.07. The molecular weight excluding hydrogens is 312 g/mol. The van der Waals surface area contributed by atoms with E-state index in [1.54, 1.807) is 23.1 Å². The number of nitrogens with zero attached hydrogens (tertiary/aromatic N) is 1. The molecule has 22 heavy (non-hydrogen) atoms. The van der Waals surface area contributed by atoms with E-state index in [1.165, 1.54) is 5.56 Å². The Kier molecular flexibility index (Phi) is 5.64. The third-order valence-electron chi connectivity index (χ3n) is 3.18. The van der Waals surface area contributed by atoms with Crippen molar-refractivity contribution < 1.29 is 4.79 Å². The number of aryl methyl sites for hydroxylation is 1. The molecule has 0 bridgehead atoms. The minimum absolute atomic E-state index is 0.0282. The van der Waals surface area contributed by atoms with Crippen molar-refractivity contribution >= 4 is 34.7 Å². The first-order chi connectivity index (χ1) is 10.3. The zero-order chi connectivity index (χ0) is 16.2. The fourth-order valence-electron chi connectivity index (χ4n) is 1.97. The fraction of sp³-hybridized carbons (Fsp3) is 0.412. The van der Waals surface area contributed by atoms with E-state index < -0.39 is 0 Å². The molecule has 0 spiro atoms. The highest BCUT2D eigenvalue weighted by molar-refractivity contribution is 7.99. The summed E-state index contributed by atoms with van der Waals surface area (Å²) in [5.41, 5.74) is 3.29. The molecule has 2 rings (SSSR count). The van der Waals surface area contributed by atoms with Crippen molar-refractivity contribution in [2.75, 3.05) is 11.1 Å². The molecule has 1 N–H and O–H groups in total. The number of thiazole rings is 1. The van der Waals surface area contributed by atoms with E-state index >= 15 is 0 Å². The minimum Gasteiger partial charge on any atom is -0.325 e. The average molecular weight is 335 g/mol. The normalized spacial score (nSPS) is 11.5. The van der Waals surface area contributed by atoms with E-state index in [9.17, 15) is 4.79 Å². The van der Waals surface area contributed by atoms with Gasteiger partial charge in [0, 0.05) is 16.8 Å². The number of aromatic nitrogens is 1. The van der Waals surface area contributed by atoms with Crippen LogP contribution in [0.4, 0.5) is 5.69 Å². The van der Waals surface area contributed by atoms with Gasteiger partial charge in [-0.1, -0.05) is 32.9 Å². The highest BCUT2D eigenvalue weighted by Crippen LogP contribution is 2.23. The number of hydrogen-bond acceptors (Lipinski definition) is 4. The monoisotopic (exact) mass is 334 g/mol. The number of anilines is 1. The number of thioether (sulfide) groups is 1. The minimum atomic E-state index is 0.0282. The Morgan fingerprint density at radius 3 is 2.50 bits per heavy atom. The van der Waals surface area contributed by atoms with Crippen molar-refractivity contribution in [3.63, 3.8) is 0 Å². The molecular formula is C17H22N2OS2. The number of hydrogen-bond donors (Lipinski definition) is 1. The average Bonchev–Trinajstić information content (AvgIpc) is 2.84. The van der Waals surface area contributed by atoms with Crippen molar-refractivity contribution in [3.05, 3.63) is 45.9 Å². The van der Waals surface area contributed by atoms with E-state index in [0.29, 0.717) is 5.75 Å². The maximum absolute atomic E-state index is 11.9. The molecule has 0 saturated heterocycles. The fourth-order valence-corrected chi connectivity index (χ4v) is 3.41. The Bertz CT molecular complexity index is 627. The molecule has 118 valence electrons. The lowest BCUT2D eigenvalue weighted by Crippen LogP contribution is -2.15. The summed E-state index contributed by atoms with van der Waals surface area (Å²) in [6.45, 7) is 8.53. The summed E-state index contributed by atoms with van der Waals surface area (Å²) in [7, 11) is 0. The van der Waals surface area contributed by atoms with Gasteiger partial charge in [-0.15, -0.1) is 23.1 Å². The zero-order valence-corrected chi connectivity index (χ0v) is 15.1. The van der Waals surface area contributed by atoms with E-state index in [0.717, 1.165) is 22.1 Å². The highest BCUT2D eigenvalue weighted by atomic mass is 32.2. The predicted molar refractivity (Wildman–Crippen MR) is 96.8 cm³/mol. The number of benzene rings is 1. The van der Waals surface area contributed by atoms with Crippen LogP contribution in [0.15, 0.2) is 29.6 Å². The lowest BCUT2D eigenvalue weighted by molar-refractivity contribution is -0.113. The number of carbonyl (C=O) groups is 1. The van der Waals surface area contributed by atoms with E-state index in [2.05, 4.69) is 43.2 Å². The van der Waals surface area contributed by atoms with Gasteiger partial charge in [-0.25, -0.2) is 4.98 Å². The molecule has 0 aliphatic heterocycles. The van der Waals surface area contributed by atoms with Crippen molar-refractivity contribution in [1.82, 2.24) is 4.98 Å². The van der Waals surface area contributed by atoms with Gasteiger partial charge in [-0.05, 0) is 30.0 Å². The lowest BCUT2D eigenvalue weighted by atomic mass is 9.87. The maximum atomic E-state index is 11.9. The molecule has 0 radical (unpaired) electrons. The van der Waals surface area contributed by atoms with Gasteiger partial charge in [0.25, 0.3) is 0 Å². The summed E-state index contributed by atoms with van der Waals surface area (Å²) in [5.74, 6) is 1.25. The van der Waals surface area contributed by atoms with Crippen LogP contribution in [0.5, 0.6) is 0 Å². The van der Waals surface area contributed by atoms with Crippen molar-refractivity contribution in [1.29, 1.82) is 0 Å². The van der Waals surface area contributed by atoms with Gasteiger partial charge in [0.2, 0.25) is 5.91 Å². The number of nitrogens with one attached hydrogen (secondary N) is 1. The first kappa shape index (κ1) is 17.0. The number of amides is 1. The molecule has 0 fully saturated rings. The Balaban J connectivity index is 1.79. The summed E-state index contributed by atoms with van der Waals surface area (Å²) in [5, 5.41) is 6.05. The first-order valence-corrected chi connectivity index (χ1v) is 9.27. The first-order valence-electron chi connectivity index (χ1n) is 7.24. The van der Waals surface area contributed by atoms with Crippen LogP contribution < -0.4 is 5.32 Å². The smallest absolute Gasteiger partial charge is 0.234 e. The quantitative estimate of drug-likeness (QED) is 0.867. The van der Waals surface area contributed by atoms with Gasteiger partial charge in [-0.2, -0.15) is 0 Å².